The van der Waals surface area contributed by atoms with Gasteiger partial charge in [0, 0.05) is 23.8 Å². The number of aliphatic hydroxyl groups excluding tert-OH is 1. The lowest BCUT2D eigenvalue weighted by Crippen LogP contribution is -2.37. The molecular formula is C27H28ClN3O3. The Labute approximate surface area is 203 Å². The van der Waals surface area contributed by atoms with Crippen LogP contribution in [0.1, 0.15) is 36.2 Å². The van der Waals surface area contributed by atoms with Gasteiger partial charge in [-0.3, -0.25) is 4.79 Å². The van der Waals surface area contributed by atoms with E-state index in [1.54, 1.807) is 18.2 Å². The maximum atomic E-state index is 12.8. The Morgan fingerprint density at radius 2 is 1.88 bits per heavy atom. The first-order chi connectivity index (χ1) is 16.4. The zero-order valence-corrected chi connectivity index (χ0v) is 20.0. The second-order valence-electron chi connectivity index (χ2n) is 8.50. The number of amides is 1. The predicted molar refractivity (Wildman–Crippen MR) is 135 cm³/mol. The van der Waals surface area contributed by atoms with Crippen molar-refractivity contribution in [2.24, 2.45) is 0 Å². The molecule has 176 valence electrons. The number of imidazole rings is 1. The topological polar surface area (TPSA) is 87.2 Å². The van der Waals surface area contributed by atoms with Crippen LogP contribution in [0.25, 0.3) is 22.4 Å². The van der Waals surface area contributed by atoms with Gasteiger partial charge >= 0.3 is 0 Å². The standard InChI is InChI=1S/C27H28ClN3O3/c1-17(2)34-25-12-11-20(16-22(25)28)27(33)29-21(13-14-32)15-18-7-9-19(10-8-18)26-30-23-5-3-4-6-24(23)31-26/h3-12,16-17,21,32H,13-15H2,1-2H3,(H,29,33)(H,30,31)/t21-/m1/s1. The van der Waals surface area contributed by atoms with Gasteiger partial charge in [0.25, 0.3) is 5.91 Å². The molecule has 1 atom stereocenters. The van der Waals surface area contributed by atoms with Gasteiger partial charge in [0.1, 0.15) is 11.6 Å². The fourth-order valence-electron chi connectivity index (χ4n) is 3.81. The Morgan fingerprint density at radius 1 is 1.12 bits per heavy atom. The number of aromatic nitrogens is 2. The molecule has 0 aliphatic carbocycles. The van der Waals surface area contributed by atoms with Gasteiger partial charge in [-0.15, -0.1) is 0 Å². The molecule has 4 rings (SSSR count). The average Bonchev–Trinajstić information content (AvgIpc) is 3.25. The Hall–Kier alpha value is -3.35. The van der Waals surface area contributed by atoms with Crippen LogP contribution in [0.15, 0.2) is 66.7 Å². The van der Waals surface area contributed by atoms with Crippen LogP contribution >= 0.6 is 11.6 Å². The van der Waals surface area contributed by atoms with Crippen molar-refractivity contribution in [2.75, 3.05) is 6.61 Å². The number of nitrogens with zero attached hydrogens (tertiary/aromatic N) is 1. The number of carbonyl (C=O) groups is 1. The van der Waals surface area contributed by atoms with Crippen molar-refractivity contribution in [1.29, 1.82) is 0 Å². The molecule has 1 aromatic heterocycles. The highest BCUT2D eigenvalue weighted by atomic mass is 35.5. The summed E-state index contributed by atoms with van der Waals surface area (Å²) >= 11 is 6.28. The number of ether oxygens (including phenoxy) is 1. The van der Waals surface area contributed by atoms with Gasteiger partial charge in [-0.1, -0.05) is 48.0 Å². The largest absolute Gasteiger partial charge is 0.489 e. The van der Waals surface area contributed by atoms with Crippen LogP contribution in [0.3, 0.4) is 0 Å². The van der Waals surface area contributed by atoms with Crippen molar-refractivity contribution >= 4 is 28.5 Å². The summed E-state index contributed by atoms with van der Waals surface area (Å²) in [6, 6.07) is 20.8. The molecular weight excluding hydrogens is 450 g/mol. The highest BCUT2D eigenvalue weighted by molar-refractivity contribution is 6.32. The van der Waals surface area contributed by atoms with Crippen LogP contribution < -0.4 is 10.1 Å². The molecule has 1 heterocycles. The van der Waals surface area contributed by atoms with Crippen molar-refractivity contribution in [3.8, 4) is 17.1 Å². The first-order valence-electron chi connectivity index (χ1n) is 11.3. The molecule has 0 unspecified atom stereocenters. The first-order valence-corrected chi connectivity index (χ1v) is 11.7. The van der Waals surface area contributed by atoms with E-state index in [4.69, 9.17) is 16.3 Å². The predicted octanol–water partition coefficient (Wildman–Crippen LogP) is 5.39. The number of nitrogens with one attached hydrogen (secondary N) is 2. The summed E-state index contributed by atoms with van der Waals surface area (Å²) in [5, 5.41) is 12.9. The molecule has 3 aromatic carbocycles. The minimum absolute atomic E-state index is 0.00987. The molecule has 0 radical (unpaired) electrons. The van der Waals surface area contributed by atoms with Crippen LogP contribution in [-0.2, 0) is 6.42 Å². The van der Waals surface area contributed by atoms with E-state index >= 15 is 0 Å². The highest BCUT2D eigenvalue weighted by Gasteiger charge is 2.16. The third-order valence-electron chi connectivity index (χ3n) is 5.47. The smallest absolute Gasteiger partial charge is 0.251 e. The third-order valence-corrected chi connectivity index (χ3v) is 5.76. The minimum Gasteiger partial charge on any atom is -0.489 e. The highest BCUT2D eigenvalue weighted by Crippen LogP contribution is 2.27. The van der Waals surface area contributed by atoms with Crippen LogP contribution in [0.4, 0.5) is 0 Å². The number of para-hydroxylation sites is 2. The van der Waals surface area contributed by atoms with Crippen molar-refractivity contribution < 1.29 is 14.6 Å². The van der Waals surface area contributed by atoms with E-state index in [0.29, 0.717) is 29.2 Å². The number of rotatable bonds is 9. The monoisotopic (exact) mass is 477 g/mol. The SMILES string of the molecule is CC(C)Oc1ccc(C(=O)N[C@H](CCO)Cc2ccc(-c3nc4ccccc4[nH]3)cc2)cc1Cl. The van der Waals surface area contributed by atoms with E-state index in [1.807, 2.05) is 62.4 Å². The molecule has 0 spiro atoms. The number of halogens is 1. The van der Waals surface area contributed by atoms with Crippen LogP contribution in [0.2, 0.25) is 5.02 Å². The van der Waals surface area contributed by atoms with E-state index in [2.05, 4.69) is 15.3 Å². The van der Waals surface area contributed by atoms with Crippen molar-refractivity contribution in [1.82, 2.24) is 15.3 Å². The maximum absolute atomic E-state index is 12.8. The van der Waals surface area contributed by atoms with Gasteiger partial charge in [0.2, 0.25) is 0 Å². The molecule has 0 fully saturated rings. The van der Waals surface area contributed by atoms with Gasteiger partial charge in [-0.25, -0.2) is 4.98 Å². The summed E-state index contributed by atoms with van der Waals surface area (Å²) in [6.45, 7) is 3.81. The number of aromatic amines is 1. The van der Waals surface area contributed by atoms with Crippen LogP contribution in [0.5, 0.6) is 5.75 Å². The Kier molecular flexibility index (Phi) is 7.50. The zero-order chi connectivity index (χ0) is 24.1. The normalized spacial score (nSPS) is 12.1. The molecule has 0 saturated carbocycles. The van der Waals surface area contributed by atoms with Gasteiger partial charge in [0.05, 0.1) is 22.2 Å². The second kappa shape index (κ2) is 10.7. The zero-order valence-electron chi connectivity index (χ0n) is 19.2. The lowest BCUT2D eigenvalue weighted by molar-refractivity contribution is 0.0930. The summed E-state index contributed by atoms with van der Waals surface area (Å²) in [5.41, 5.74) is 4.41. The van der Waals surface area contributed by atoms with Gasteiger partial charge in [0.15, 0.2) is 0 Å². The Balaban J connectivity index is 1.43. The number of aliphatic hydroxyl groups is 1. The fraction of sp³-hybridized carbons (Fsp3) is 0.259. The van der Waals surface area contributed by atoms with E-state index < -0.39 is 0 Å². The summed E-state index contributed by atoms with van der Waals surface area (Å²) < 4.78 is 5.63. The number of fused-ring (bicyclic) bond motifs is 1. The average molecular weight is 478 g/mol. The van der Waals surface area contributed by atoms with Crippen molar-refractivity contribution in [3.63, 3.8) is 0 Å². The number of hydrogen-bond donors (Lipinski definition) is 3. The van der Waals surface area contributed by atoms with E-state index in [9.17, 15) is 9.90 Å². The number of benzene rings is 3. The summed E-state index contributed by atoms with van der Waals surface area (Å²) in [5.74, 6) is 1.12. The first kappa shape index (κ1) is 23.8. The lowest BCUT2D eigenvalue weighted by Gasteiger charge is -2.19. The number of carbonyl (C=O) groups excluding carboxylic acids is 1. The summed E-state index contributed by atoms with van der Waals surface area (Å²) in [4.78, 5) is 20.8. The third kappa shape index (κ3) is 5.76. The van der Waals surface area contributed by atoms with Crippen molar-refractivity contribution in [2.45, 2.75) is 38.8 Å². The molecule has 7 heteroatoms. The molecule has 3 N–H and O–H groups in total. The second-order valence-corrected chi connectivity index (χ2v) is 8.91. The Bertz CT molecular complexity index is 1230. The van der Waals surface area contributed by atoms with Gasteiger partial charge in [-0.2, -0.15) is 0 Å². The summed E-state index contributed by atoms with van der Waals surface area (Å²) in [7, 11) is 0. The number of hydrogen-bond acceptors (Lipinski definition) is 4. The minimum atomic E-state index is -0.240. The molecule has 0 bridgehead atoms. The molecule has 0 aliphatic rings. The molecule has 0 saturated heterocycles. The van der Waals surface area contributed by atoms with Gasteiger partial charge in [-0.05, 0) is 62.6 Å². The van der Waals surface area contributed by atoms with E-state index in [-0.39, 0.29) is 24.7 Å². The van der Waals surface area contributed by atoms with Crippen molar-refractivity contribution in [3.05, 3.63) is 82.9 Å². The van der Waals surface area contributed by atoms with Crippen LogP contribution in [-0.4, -0.2) is 39.7 Å². The van der Waals surface area contributed by atoms with E-state index in [0.717, 1.165) is 28.0 Å². The number of H-pyrrole nitrogens is 1. The molecule has 6 nitrogen and oxygen atoms in total. The van der Waals surface area contributed by atoms with Crippen LogP contribution in [0, 0.1) is 0 Å². The molecule has 1 amide bonds. The quantitative estimate of drug-likeness (QED) is 0.301. The lowest BCUT2D eigenvalue weighted by atomic mass is 10.0. The van der Waals surface area contributed by atoms with Gasteiger partial charge < -0.3 is 20.1 Å². The maximum Gasteiger partial charge on any atom is 0.251 e. The molecule has 0 aliphatic heterocycles. The molecule has 34 heavy (non-hydrogen) atoms. The summed E-state index contributed by atoms with van der Waals surface area (Å²) in [6.07, 6.45) is 1.03. The molecule has 4 aromatic rings. The Morgan fingerprint density at radius 3 is 2.56 bits per heavy atom. The van der Waals surface area contributed by atoms with E-state index in [1.165, 1.54) is 0 Å². The fourth-order valence-corrected chi connectivity index (χ4v) is 4.04.